The Morgan fingerprint density at radius 1 is 1.35 bits per heavy atom. The molecule has 20 heavy (non-hydrogen) atoms. The fourth-order valence-electron chi connectivity index (χ4n) is 3.16. The quantitative estimate of drug-likeness (QED) is 0.861. The molecule has 0 spiro atoms. The number of nitrogens with one attached hydrogen (secondary N) is 1. The molecule has 0 radical (unpaired) electrons. The minimum absolute atomic E-state index is 0.0160. The van der Waals surface area contributed by atoms with E-state index in [4.69, 9.17) is 0 Å². The van der Waals surface area contributed by atoms with Gasteiger partial charge in [0.25, 0.3) is 0 Å². The van der Waals surface area contributed by atoms with Crippen molar-refractivity contribution in [1.82, 2.24) is 10.2 Å². The van der Waals surface area contributed by atoms with Gasteiger partial charge in [-0.15, -0.1) is 0 Å². The van der Waals surface area contributed by atoms with Gasteiger partial charge in [-0.1, -0.05) is 31.2 Å². The van der Waals surface area contributed by atoms with Gasteiger partial charge in [0, 0.05) is 36.7 Å². The van der Waals surface area contributed by atoms with Crippen LogP contribution in [0.25, 0.3) is 0 Å². The number of fused-ring (bicyclic) bond motifs is 1. The smallest absolute Gasteiger partial charge is 0.231 e. The summed E-state index contributed by atoms with van der Waals surface area (Å²) >= 11 is 1.97. The molecule has 1 amide bonds. The minimum atomic E-state index is -0.0160. The van der Waals surface area contributed by atoms with E-state index in [9.17, 15) is 4.79 Å². The van der Waals surface area contributed by atoms with E-state index in [0.29, 0.717) is 17.2 Å². The van der Waals surface area contributed by atoms with Gasteiger partial charge in [-0.25, -0.2) is 0 Å². The Morgan fingerprint density at radius 3 is 3.00 bits per heavy atom. The summed E-state index contributed by atoms with van der Waals surface area (Å²) in [5.41, 5.74) is 2.48. The molecular formula is C16H22N2OS. The highest BCUT2D eigenvalue weighted by Crippen LogP contribution is 2.30. The lowest BCUT2D eigenvalue weighted by atomic mass is 9.89. The van der Waals surface area contributed by atoms with Crippen molar-refractivity contribution in [2.45, 2.75) is 37.6 Å². The Balaban J connectivity index is 1.84. The Morgan fingerprint density at radius 2 is 2.15 bits per heavy atom. The highest BCUT2D eigenvalue weighted by molar-refractivity contribution is 8.00. The summed E-state index contributed by atoms with van der Waals surface area (Å²) < 4.78 is 0. The van der Waals surface area contributed by atoms with Crippen molar-refractivity contribution >= 4 is 17.7 Å². The molecule has 1 aromatic carbocycles. The number of amides is 1. The van der Waals surface area contributed by atoms with Crippen LogP contribution in [0.2, 0.25) is 0 Å². The summed E-state index contributed by atoms with van der Waals surface area (Å²) in [7, 11) is 0. The average Bonchev–Trinajstić information content (AvgIpc) is 2.49. The summed E-state index contributed by atoms with van der Waals surface area (Å²) in [6.45, 7) is 6.93. The largest absolute Gasteiger partial charge is 0.337 e. The molecule has 3 rings (SSSR count). The summed E-state index contributed by atoms with van der Waals surface area (Å²) in [6, 6.07) is 8.67. The molecule has 2 aliphatic heterocycles. The monoisotopic (exact) mass is 290 g/mol. The summed E-state index contributed by atoms with van der Waals surface area (Å²) in [4.78, 5) is 15.0. The zero-order chi connectivity index (χ0) is 14.1. The van der Waals surface area contributed by atoms with Crippen molar-refractivity contribution in [3.8, 4) is 0 Å². The second-order valence-corrected chi connectivity index (χ2v) is 7.22. The van der Waals surface area contributed by atoms with Gasteiger partial charge in [-0.3, -0.25) is 4.79 Å². The average molecular weight is 290 g/mol. The molecule has 1 N–H and O–H groups in total. The number of nitrogens with zero attached hydrogens (tertiary/aromatic N) is 1. The van der Waals surface area contributed by atoms with Crippen molar-refractivity contribution in [3.63, 3.8) is 0 Å². The molecule has 1 aromatic rings. The lowest BCUT2D eigenvalue weighted by Gasteiger charge is -2.40. The van der Waals surface area contributed by atoms with Gasteiger partial charge in [0.2, 0.25) is 5.91 Å². The van der Waals surface area contributed by atoms with E-state index in [2.05, 4.69) is 42.3 Å². The van der Waals surface area contributed by atoms with E-state index < -0.39 is 0 Å². The maximum atomic E-state index is 12.9. The van der Waals surface area contributed by atoms with Crippen LogP contribution in [-0.2, 0) is 11.3 Å². The third-order valence-corrected chi connectivity index (χ3v) is 5.90. The molecule has 1 saturated heterocycles. The van der Waals surface area contributed by atoms with E-state index in [1.54, 1.807) is 0 Å². The Bertz CT molecular complexity index is 505. The summed E-state index contributed by atoms with van der Waals surface area (Å²) in [5.74, 6) is 1.33. The first-order valence-electron chi connectivity index (χ1n) is 7.39. The molecule has 0 aromatic heterocycles. The first-order valence-corrected chi connectivity index (χ1v) is 8.44. The zero-order valence-corrected chi connectivity index (χ0v) is 13.0. The van der Waals surface area contributed by atoms with Crippen LogP contribution >= 0.6 is 11.8 Å². The predicted molar refractivity (Wildman–Crippen MR) is 84.0 cm³/mol. The molecule has 3 atom stereocenters. The maximum absolute atomic E-state index is 12.9. The molecule has 108 valence electrons. The van der Waals surface area contributed by atoms with Crippen LogP contribution in [0.5, 0.6) is 0 Å². The predicted octanol–water partition coefficient (Wildman–Crippen LogP) is 2.23. The van der Waals surface area contributed by atoms with Gasteiger partial charge in [0.15, 0.2) is 0 Å². The molecule has 2 aliphatic rings. The van der Waals surface area contributed by atoms with Crippen LogP contribution in [0.4, 0.5) is 0 Å². The van der Waals surface area contributed by atoms with Crippen molar-refractivity contribution in [2.24, 2.45) is 0 Å². The molecule has 4 heteroatoms. The van der Waals surface area contributed by atoms with Gasteiger partial charge in [-0.05, 0) is 18.1 Å². The second-order valence-electron chi connectivity index (χ2n) is 5.73. The number of benzene rings is 1. The Labute approximate surface area is 125 Å². The molecule has 1 fully saturated rings. The first kappa shape index (κ1) is 14.0. The lowest BCUT2D eigenvalue weighted by Crippen LogP contribution is -2.51. The highest BCUT2D eigenvalue weighted by atomic mass is 32.2. The topological polar surface area (TPSA) is 32.3 Å². The normalized spacial score (nSPS) is 29.9. The van der Waals surface area contributed by atoms with Gasteiger partial charge in [0.05, 0.1) is 5.92 Å². The van der Waals surface area contributed by atoms with Crippen LogP contribution < -0.4 is 5.32 Å². The van der Waals surface area contributed by atoms with E-state index >= 15 is 0 Å². The highest BCUT2D eigenvalue weighted by Gasteiger charge is 2.35. The standard InChI is InChI=1S/C16H22N2OS/c1-11-12(2)20-8-7-18(11)16(19)15-10-17-9-13-5-3-4-6-14(13)15/h3-6,11-12,15,17H,7-10H2,1-2H3. The van der Waals surface area contributed by atoms with Gasteiger partial charge >= 0.3 is 0 Å². The van der Waals surface area contributed by atoms with E-state index in [0.717, 1.165) is 25.4 Å². The van der Waals surface area contributed by atoms with Crippen LogP contribution in [0.15, 0.2) is 24.3 Å². The van der Waals surface area contributed by atoms with Crippen LogP contribution in [0.1, 0.15) is 30.9 Å². The summed E-state index contributed by atoms with van der Waals surface area (Å²) in [6.07, 6.45) is 0. The maximum Gasteiger partial charge on any atom is 0.231 e. The van der Waals surface area contributed by atoms with Gasteiger partial charge in [-0.2, -0.15) is 11.8 Å². The van der Waals surface area contributed by atoms with Gasteiger partial charge in [0.1, 0.15) is 0 Å². The van der Waals surface area contributed by atoms with E-state index in [1.807, 2.05) is 17.8 Å². The molecule has 3 nitrogen and oxygen atoms in total. The number of carbonyl (C=O) groups is 1. The number of carbonyl (C=O) groups excluding carboxylic acids is 1. The molecular weight excluding hydrogens is 268 g/mol. The van der Waals surface area contributed by atoms with Crippen molar-refractivity contribution < 1.29 is 4.79 Å². The Hall–Kier alpha value is -1.00. The Kier molecular flexibility index (Phi) is 4.03. The third-order valence-electron chi connectivity index (χ3n) is 4.56. The third kappa shape index (κ3) is 2.47. The molecule has 0 saturated carbocycles. The fourth-order valence-corrected chi connectivity index (χ4v) is 4.26. The number of rotatable bonds is 1. The molecule has 2 heterocycles. The number of hydrogen-bond acceptors (Lipinski definition) is 3. The zero-order valence-electron chi connectivity index (χ0n) is 12.1. The van der Waals surface area contributed by atoms with Crippen LogP contribution in [-0.4, -0.2) is 40.9 Å². The second kappa shape index (κ2) is 5.78. The number of hydrogen-bond donors (Lipinski definition) is 1. The van der Waals surface area contributed by atoms with Crippen LogP contribution in [0.3, 0.4) is 0 Å². The van der Waals surface area contributed by atoms with E-state index in [-0.39, 0.29) is 5.92 Å². The van der Waals surface area contributed by atoms with Crippen LogP contribution in [0, 0.1) is 0 Å². The lowest BCUT2D eigenvalue weighted by molar-refractivity contribution is -0.134. The minimum Gasteiger partial charge on any atom is -0.337 e. The van der Waals surface area contributed by atoms with E-state index in [1.165, 1.54) is 11.1 Å². The summed E-state index contributed by atoms with van der Waals surface area (Å²) in [5, 5.41) is 3.91. The van der Waals surface area contributed by atoms with Crippen molar-refractivity contribution in [1.29, 1.82) is 0 Å². The molecule has 3 unspecified atom stereocenters. The molecule has 0 bridgehead atoms. The van der Waals surface area contributed by atoms with Crippen molar-refractivity contribution in [3.05, 3.63) is 35.4 Å². The number of thioether (sulfide) groups is 1. The van der Waals surface area contributed by atoms with Crippen molar-refractivity contribution in [2.75, 3.05) is 18.8 Å². The first-order chi connectivity index (χ1) is 9.68. The van der Waals surface area contributed by atoms with Gasteiger partial charge < -0.3 is 10.2 Å². The molecule has 0 aliphatic carbocycles. The SMILES string of the molecule is CC1SCCN(C(=O)C2CNCc3ccccc32)C1C. The fraction of sp³-hybridized carbons (Fsp3) is 0.562.